The van der Waals surface area contributed by atoms with Crippen LogP contribution in [-0.4, -0.2) is 42.1 Å². The Morgan fingerprint density at radius 3 is 1.49 bits per heavy atom. The first-order valence-corrected chi connectivity index (χ1v) is 19.7. The summed E-state index contributed by atoms with van der Waals surface area (Å²) in [6, 6.07) is 54.0. The van der Waals surface area contributed by atoms with Crippen LogP contribution in [0.2, 0.25) is 0 Å². The van der Waals surface area contributed by atoms with E-state index in [1.54, 1.807) is 6.07 Å². The third-order valence-corrected chi connectivity index (χ3v) is 10.4. The van der Waals surface area contributed by atoms with Crippen LogP contribution in [0, 0.1) is 0 Å². The van der Waals surface area contributed by atoms with Gasteiger partial charge in [0.05, 0.1) is 38.6 Å². The molecule has 0 spiro atoms. The number of rotatable bonds is 18. The SMILES string of the molecule is CCc1ccc(Cc2ccc(C(=O)O)c(C3OC(COCc4ccccc4)C(OCc4ccccc4)C(OCc4ccccc4)C3OCc3ccccc3)c2)cc1. The molecule has 0 aliphatic carbocycles. The molecule has 1 N–H and O–H groups in total. The van der Waals surface area contributed by atoms with Crippen molar-refractivity contribution in [2.45, 2.75) is 76.7 Å². The Labute approximate surface area is 335 Å². The number of carbonyl (C=O) groups is 1. The van der Waals surface area contributed by atoms with E-state index < -0.39 is 36.5 Å². The third-order valence-electron chi connectivity index (χ3n) is 10.4. The number of aromatic carboxylic acids is 1. The lowest BCUT2D eigenvalue weighted by atomic mass is 9.87. The van der Waals surface area contributed by atoms with Crippen LogP contribution in [0.5, 0.6) is 0 Å². The molecule has 0 saturated carbocycles. The second-order valence-corrected chi connectivity index (χ2v) is 14.5. The summed E-state index contributed by atoms with van der Waals surface area (Å²) < 4.78 is 34.1. The number of carboxylic acids is 1. The number of benzene rings is 6. The van der Waals surface area contributed by atoms with Gasteiger partial charge in [-0.1, -0.05) is 165 Å². The molecule has 1 saturated heterocycles. The van der Waals surface area contributed by atoms with E-state index >= 15 is 0 Å². The molecule has 1 heterocycles. The van der Waals surface area contributed by atoms with Gasteiger partial charge in [0.15, 0.2) is 0 Å². The van der Waals surface area contributed by atoms with Crippen molar-refractivity contribution in [2.75, 3.05) is 6.61 Å². The average Bonchev–Trinajstić information content (AvgIpc) is 3.26. The lowest BCUT2D eigenvalue weighted by Gasteiger charge is -2.46. The summed E-state index contributed by atoms with van der Waals surface area (Å²) in [6.45, 7) is 3.52. The van der Waals surface area contributed by atoms with Gasteiger partial charge in [0.25, 0.3) is 0 Å². The van der Waals surface area contributed by atoms with Crippen LogP contribution in [-0.2, 0) is 63.0 Å². The summed E-state index contributed by atoms with van der Waals surface area (Å²) in [4.78, 5) is 13.0. The number of carboxylic acid groups (broad SMARTS) is 1. The zero-order valence-corrected chi connectivity index (χ0v) is 32.3. The van der Waals surface area contributed by atoms with E-state index in [0.29, 0.717) is 25.2 Å². The van der Waals surface area contributed by atoms with Crippen molar-refractivity contribution in [1.29, 1.82) is 0 Å². The topological polar surface area (TPSA) is 83.5 Å². The molecule has 0 radical (unpaired) electrons. The average molecular weight is 763 g/mol. The van der Waals surface area contributed by atoms with Crippen molar-refractivity contribution >= 4 is 5.97 Å². The molecule has 57 heavy (non-hydrogen) atoms. The highest BCUT2D eigenvalue weighted by atomic mass is 16.6. The van der Waals surface area contributed by atoms with Crippen molar-refractivity contribution in [3.8, 4) is 0 Å². The monoisotopic (exact) mass is 762 g/mol. The smallest absolute Gasteiger partial charge is 0.336 e. The van der Waals surface area contributed by atoms with Gasteiger partial charge in [-0.2, -0.15) is 0 Å². The standard InChI is InChI=1S/C50H50O7/c1-2-36-23-25-37(26-24-36)29-42-27-28-43(50(51)52)44(30-42)46-48(55-33-40-19-11-5-12-20-40)49(56-34-41-21-13-6-14-22-41)47(54-32-39-17-9-4-10-18-39)45(57-46)35-53-31-38-15-7-3-8-16-38/h3-28,30,45-49H,2,29,31-35H2,1H3,(H,51,52). The summed E-state index contributed by atoms with van der Waals surface area (Å²) in [6.07, 6.45) is -2.00. The Morgan fingerprint density at radius 1 is 0.526 bits per heavy atom. The number of hydrogen-bond acceptors (Lipinski definition) is 6. The van der Waals surface area contributed by atoms with Crippen LogP contribution >= 0.6 is 0 Å². The summed E-state index contributed by atoms with van der Waals surface area (Å²) in [7, 11) is 0. The van der Waals surface area contributed by atoms with Gasteiger partial charge in [-0.15, -0.1) is 0 Å². The van der Waals surface area contributed by atoms with Crippen molar-refractivity contribution < 1.29 is 33.6 Å². The summed E-state index contributed by atoms with van der Waals surface area (Å²) >= 11 is 0. The van der Waals surface area contributed by atoms with Crippen molar-refractivity contribution in [3.63, 3.8) is 0 Å². The maximum Gasteiger partial charge on any atom is 0.336 e. The second-order valence-electron chi connectivity index (χ2n) is 14.5. The lowest BCUT2D eigenvalue weighted by molar-refractivity contribution is -0.275. The Balaban J connectivity index is 1.30. The highest BCUT2D eigenvalue weighted by Crippen LogP contribution is 2.40. The minimum atomic E-state index is -1.05. The van der Waals surface area contributed by atoms with Gasteiger partial charge < -0.3 is 28.8 Å². The molecule has 292 valence electrons. The molecule has 6 aromatic carbocycles. The summed E-state index contributed by atoms with van der Waals surface area (Å²) in [5, 5.41) is 10.7. The Bertz CT molecular complexity index is 2110. The molecule has 7 rings (SSSR count). The van der Waals surface area contributed by atoms with E-state index in [-0.39, 0.29) is 25.4 Å². The molecule has 0 bridgehead atoms. The van der Waals surface area contributed by atoms with Gasteiger partial charge in [0.2, 0.25) is 0 Å². The predicted octanol–water partition coefficient (Wildman–Crippen LogP) is 9.95. The first kappa shape index (κ1) is 39.8. The van der Waals surface area contributed by atoms with Crippen LogP contribution in [0.3, 0.4) is 0 Å². The molecule has 1 aliphatic heterocycles. The highest BCUT2D eigenvalue weighted by molar-refractivity contribution is 5.89. The van der Waals surface area contributed by atoms with E-state index in [1.807, 2.05) is 133 Å². The minimum Gasteiger partial charge on any atom is -0.478 e. The molecule has 0 aromatic heterocycles. The molecule has 1 fully saturated rings. The highest BCUT2D eigenvalue weighted by Gasteiger charge is 2.49. The second kappa shape index (κ2) is 20.1. The van der Waals surface area contributed by atoms with Crippen LogP contribution in [0.4, 0.5) is 0 Å². The Morgan fingerprint density at radius 2 is 0.982 bits per heavy atom. The first-order valence-electron chi connectivity index (χ1n) is 19.7. The predicted molar refractivity (Wildman–Crippen MR) is 221 cm³/mol. The fourth-order valence-electron chi connectivity index (χ4n) is 7.32. The van der Waals surface area contributed by atoms with Gasteiger partial charge in [-0.05, 0) is 63.4 Å². The molecule has 7 nitrogen and oxygen atoms in total. The van der Waals surface area contributed by atoms with Crippen LogP contribution in [0.15, 0.2) is 164 Å². The van der Waals surface area contributed by atoms with Crippen molar-refractivity contribution in [3.05, 3.63) is 214 Å². The quantitative estimate of drug-likeness (QED) is 0.0934. The molecule has 7 heteroatoms. The molecule has 5 unspecified atom stereocenters. The lowest BCUT2D eigenvalue weighted by Crippen LogP contribution is -2.58. The Kier molecular flexibility index (Phi) is 14.1. The van der Waals surface area contributed by atoms with Gasteiger partial charge in [0, 0.05) is 0 Å². The van der Waals surface area contributed by atoms with Crippen LogP contribution < -0.4 is 0 Å². The zero-order chi connectivity index (χ0) is 39.2. The third kappa shape index (κ3) is 10.9. The molecular formula is C50H50O7. The van der Waals surface area contributed by atoms with E-state index in [4.69, 9.17) is 23.7 Å². The maximum absolute atomic E-state index is 13.0. The summed E-state index contributed by atoms with van der Waals surface area (Å²) in [5.74, 6) is -1.05. The molecule has 6 aromatic rings. The van der Waals surface area contributed by atoms with Crippen molar-refractivity contribution in [2.24, 2.45) is 0 Å². The Hall–Kier alpha value is -5.41. The number of hydrogen-bond donors (Lipinski definition) is 1. The zero-order valence-electron chi connectivity index (χ0n) is 32.3. The first-order chi connectivity index (χ1) is 28.0. The largest absolute Gasteiger partial charge is 0.478 e. The van der Waals surface area contributed by atoms with Crippen LogP contribution in [0.1, 0.15) is 67.9 Å². The van der Waals surface area contributed by atoms with Gasteiger partial charge in [-0.25, -0.2) is 4.79 Å². The number of ether oxygens (including phenoxy) is 5. The van der Waals surface area contributed by atoms with Gasteiger partial charge in [-0.3, -0.25) is 0 Å². The fourth-order valence-corrected chi connectivity index (χ4v) is 7.32. The normalized spacial score (nSPS) is 19.3. The summed E-state index contributed by atoms with van der Waals surface area (Å²) in [5.41, 5.74) is 8.01. The molecule has 5 atom stereocenters. The van der Waals surface area contributed by atoms with E-state index in [0.717, 1.165) is 39.8 Å². The van der Waals surface area contributed by atoms with Gasteiger partial charge in [0.1, 0.15) is 30.5 Å². The maximum atomic E-state index is 13.0. The van der Waals surface area contributed by atoms with Crippen molar-refractivity contribution in [1.82, 2.24) is 0 Å². The van der Waals surface area contributed by atoms with Gasteiger partial charge >= 0.3 is 5.97 Å². The van der Waals surface area contributed by atoms with E-state index in [2.05, 4.69) is 31.2 Å². The molecule has 0 amide bonds. The molecule has 1 aliphatic rings. The molecular weight excluding hydrogens is 713 g/mol. The fraction of sp³-hybridized carbons (Fsp3) is 0.260. The number of aryl methyl sites for hydroxylation is 1. The van der Waals surface area contributed by atoms with E-state index in [9.17, 15) is 9.90 Å². The minimum absolute atomic E-state index is 0.146. The van der Waals surface area contributed by atoms with Crippen LogP contribution in [0.25, 0.3) is 0 Å². The van der Waals surface area contributed by atoms with E-state index in [1.165, 1.54) is 5.56 Å².